The maximum Gasteiger partial charge on any atom is 0.255 e. The molecule has 0 radical (unpaired) electrons. The van der Waals surface area contributed by atoms with Crippen LogP contribution >= 0.6 is 0 Å². The molecule has 3 rings (SSSR count). The molecule has 198 valence electrons. The number of hydrogen-bond acceptors (Lipinski definition) is 4. The van der Waals surface area contributed by atoms with Gasteiger partial charge in [0.2, 0.25) is 0 Å². The summed E-state index contributed by atoms with van der Waals surface area (Å²) < 4.78 is 0. The third-order valence-electron chi connectivity index (χ3n) is 6.29. The van der Waals surface area contributed by atoms with E-state index < -0.39 is 0 Å². The van der Waals surface area contributed by atoms with E-state index in [2.05, 4.69) is 10.6 Å². The summed E-state index contributed by atoms with van der Waals surface area (Å²) in [7, 11) is 0. The first-order valence-electron chi connectivity index (χ1n) is 12.8. The Morgan fingerprint density at radius 1 is 0.474 bits per heavy atom. The Balaban J connectivity index is 1.59. The van der Waals surface area contributed by atoms with Crippen molar-refractivity contribution in [1.82, 2.24) is 9.80 Å². The molecule has 38 heavy (non-hydrogen) atoms. The number of amides is 4. The number of nitrogens with one attached hydrogen (secondary N) is 2. The number of benzene rings is 3. The highest BCUT2D eigenvalue weighted by Crippen LogP contribution is 2.16. The molecule has 0 unspecified atom stereocenters. The normalized spacial score (nSPS) is 10.4. The molecule has 4 amide bonds. The fourth-order valence-electron chi connectivity index (χ4n) is 3.96. The average molecular weight is 515 g/mol. The summed E-state index contributed by atoms with van der Waals surface area (Å²) in [4.78, 5) is 53.7. The van der Waals surface area contributed by atoms with Crippen LogP contribution in [-0.2, 0) is 0 Å². The van der Waals surface area contributed by atoms with Crippen molar-refractivity contribution in [3.63, 3.8) is 0 Å². The minimum Gasteiger partial charge on any atom is -0.339 e. The van der Waals surface area contributed by atoms with Crippen LogP contribution in [0, 0.1) is 0 Å². The predicted molar refractivity (Wildman–Crippen MR) is 150 cm³/mol. The molecule has 0 fully saturated rings. The number of carbonyl (C=O) groups is 4. The fourth-order valence-corrected chi connectivity index (χ4v) is 3.96. The largest absolute Gasteiger partial charge is 0.339 e. The summed E-state index contributed by atoms with van der Waals surface area (Å²) in [6.07, 6.45) is 0. The summed E-state index contributed by atoms with van der Waals surface area (Å²) in [5, 5.41) is 5.61. The van der Waals surface area contributed by atoms with Crippen LogP contribution in [0.2, 0.25) is 0 Å². The van der Waals surface area contributed by atoms with E-state index in [-0.39, 0.29) is 23.6 Å². The van der Waals surface area contributed by atoms with Crippen molar-refractivity contribution in [2.75, 3.05) is 36.8 Å². The quantitative estimate of drug-likeness (QED) is 0.391. The number of hydrogen-bond donors (Lipinski definition) is 2. The van der Waals surface area contributed by atoms with Crippen LogP contribution < -0.4 is 10.6 Å². The van der Waals surface area contributed by atoms with E-state index in [4.69, 9.17) is 0 Å². The van der Waals surface area contributed by atoms with Gasteiger partial charge in [-0.3, -0.25) is 19.2 Å². The second-order valence-electron chi connectivity index (χ2n) is 8.60. The number of anilines is 2. The molecule has 8 nitrogen and oxygen atoms in total. The van der Waals surface area contributed by atoms with Gasteiger partial charge in [0.15, 0.2) is 0 Å². The maximum absolute atomic E-state index is 12.7. The van der Waals surface area contributed by atoms with Crippen LogP contribution in [0.3, 0.4) is 0 Å². The van der Waals surface area contributed by atoms with Crippen molar-refractivity contribution in [2.45, 2.75) is 27.7 Å². The molecule has 0 bridgehead atoms. The van der Waals surface area contributed by atoms with Crippen LogP contribution in [0.25, 0.3) is 0 Å². The van der Waals surface area contributed by atoms with Gasteiger partial charge in [0, 0.05) is 59.8 Å². The first kappa shape index (κ1) is 28.1. The van der Waals surface area contributed by atoms with Crippen molar-refractivity contribution in [1.29, 1.82) is 0 Å². The molecule has 0 aliphatic rings. The zero-order valence-electron chi connectivity index (χ0n) is 22.3. The van der Waals surface area contributed by atoms with Gasteiger partial charge in [0.1, 0.15) is 0 Å². The van der Waals surface area contributed by atoms with Crippen molar-refractivity contribution < 1.29 is 19.2 Å². The molecule has 3 aromatic rings. The van der Waals surface area contributed by atoms with Gasteiger partial charge in [0.05, 0.1) is 0 Å². The highest BCUT2D eigenvalue weighted by Gasteiger charge is 2.15. The second-order valence-corrected chi connectivity index (χ2v) is 8.60. The van der Waals surface area contributed by atoms with Crippen LogP contribution in [0.4, 0.5) is 11.4 Å². The van der Waals surface area contributed by atoms with E-state index in [0.717, 1.165) is 0 Å². The Morgan fingerprint density at radius 3 is 1.00 bits per heavy atom. The second kappa shape index (κ2) is 13.2. The predicted octanol–water partition coefficient (Wildman–Crippen LogP) is 5.16. The Labute approximate surface area is 223 Å². The number of rotatable bonds is 10. The lowest BCUT2D eigenvalue weighted by Crippen LogP contribution is -2.30. The van der Waals surface area contributed by atoms with E-state index in [0.29, 0.717) is 59.8 Å². The summed E-state index contributed by atoms with van der Waals surface area (Å²) in [6.45, 7) is 10.2. The van der Waals surface area contributed by atoms with Crippen molar-refractivity contribution in [3.8, 4) is 0 Å². The molecule has 0 saturated heterocycles. The Kier molecular flexibility index (Phi) is 9.76. The van der Waals surface area contributed by atoms with Gasteiger partial charge in [-0.15, -0.1) is 0 Å². The maximum atomic E-state index is 12.7. The Bertz CT molecular complexity index is 1160. The van der Waals surface area contributed by atoms with Gasteiger partial charge in [-0.1, -0.05) is 0 Å². The summed E-state index contributed by atoms with van der Waals surface area (Å²) in [6, 6.07) is 19.8. The molecule has 3 aromatic carbocycles. The van der Waals surface area contributed by atoms with E-state index in [9.17, 15) is 19.2 Å². The van der Waals surface area contributed by atoms with E-state index in [1.807, 2.05) is 27.7 Å². The van der Waals surface area contributed by atoms with Crippen LogP contribution in [0.15, 0.2) is 72.8 Å². The SMILES string of the molecule is CCN(CC)C(=O)c1ccc(NC(=O)c2ccc(C(=O)Nc3ccc(C(=O)N(CC)CC)cc3)cc2)cc1. The van der Waals surface area contributed by atoms with Crippen molar-refractivity contribution >= 4 is 35.0 Å². The highest BCUT2D eigenvalue weighted by atomic mass is 16.2. The molecule has 0 saturated carbocycles. The van der Waals surface area contributed by atoms with Gasteiger partial charge in [-0.25, -0.2) is 0 Å². The molecule has 0 heterocycles. The Morgan fingerprint density at radius 2 is 0.737 bits per heavy atom. The van der Waals surface area contributed by atoms with Crippen LogP contribution in [0.1, 0.15) is 69.1 Å². The molecular formula is C30H34N4O4. The highest BCUT2D eigenvalue weighted by molar-refractivity contribution is 6.07. The molecule has 0 spiro atoms. The van der Waals surface area contributed by atoms with Gasteiger partial charge in [-0.2, -0.15) is 0 Å². The molecule has 0 atom stereocenters. The standard InChI is InChI=1S/C30H34N4O4/c1-5-33(6-2)29(37)23-13-17-25(18-14-23)31-27(35)21-9-11-22(12-10-21)28(36)32-26-19-15-24(16-20-26)30(38)34(7-3)8-4/h9-20H,5-8H2,1-4H3,(H,31,35)(H,32,36). The molecule has 0 aliphatic carbocycles. The Hall–Kier alpha value is -4.46. The van der Waals surface area contributed by atoms with Gasteiger partial charge in [0.25, 0.3) is 23.6 Å². The van der Waals surface area contributed by atoms with Gasteiger partial charge in [-0.05, 0) is 100 Å². The van der Waals surface area contributed by atoms with Crippen molar-refractivity contribution in [3.05, 3.63) is 95.1 Å². The zero-order valence-corrected chi connectivity index (χ0v) is 22.3. The van der Waals surface area contributed by atoms with E-state index in [1.165, 1.54) is 0 Å². The lowest BCUT2D eigenvalue weighted by Gasteiger charge is -2.18. The van der Waals surface area contributed by atoms with Crippen LogP contribution in [0.5, 0.6) is 0 Å². The first-order valence-corrected chi connectivity index (χ1v) is 12.8. The summed E-state index contributed by atoms with van der Waals surface area (Å²) in [5.41, 5.74) is 3.04. The van der Waals surface area contributed by atoms with Gasteiger partial charge >= 0.3 is 0 Å². The lowest BCUT2D eigenvalue weighted by atomic mass is 10.1. The molecule has 0 aromatic heterocycles. The first-order chi connectivity index (χ1) is 18.3. The van der Waals surface area contributed by atoms with E-state index in [1.54, 1.807) is 82.6 Å². The topological polar surface area (TPSA) is 98.8 Å². The number of nitrogens with zero attached hydrogens (tertiary/aromatic N) is 2. The summed E-state index contributed by atoms with van der Waals surface area (Å²) >= 11 is 0. The molecule has 0 aliphatic heterocycles. The molecule has 8 heteroatoms. The zero-order chi connectivity index (χ0) is 27.7. The molecular weight excluding hydrogens is 480 g/mol. The minimum absolute atomic E-state index is 0.0502. The molecule has 2 N–H and O–H groups in total. The third-order valence-corrected chi connectivity index (χ3v) is 6.29. The lowest BCUT2D eigenvalue weighted by molar-refractivity contribution is 0.0765. The smallest absolute Gasteiger partial charge is 0.255 e. The average Bonchev–Trinajstić information content (AvgIpc) is 2.95. The fraction of sp³-hybridized carbons (Fsp3) is 0.267. The number of carbonyl (C=O) groups excluding carboxylic acids is 4. The van der Waals surface area contributed by atoms with Crippen LogP contribution in [-0.4, -0.2) is 59.6 Å². The van der Waals surface area contributed by atoms with Gasteiger partial charge < -0.3 is 20.4 Å². The third kappa shape index (κ3) is 6.85. The van der Waals surface area contributed by atoms with Crippen molar-refractivity contribution in [2.24, 2.45) is 0 Å². The van der Waals surface area contributed by atoms with E-state index >= 15 is 0 Å². The summed E-state index contributed by atoms with van der Waals surface area (Å²) in [5.74, 6) is -0.752. The minimum atomic E-state index is -0.326. The monoisotopic (exact) mass is 514 g/mol.